The fourth-order valence-corrected chi connectivity index (χ4v) is 3.49. The van der Waals surface area contributed by atoms with Crippen molar-refractivity contribution in [2.24, 2.45) is 0 Å². The molecular weight excluding hydrogens is 356 g/mol. The number of nitrogens with one attached hydrogen (secondary N) is 1. The van der Waals surface area contributed by atoms with Gasteiger partial charge >= 0.3 is 5.97 Å². The fraction of sp³-hybridized carbons (Fsp3) is 0.167. The summed E-state index contributed by atoms with van der Waals surface area (Å²) in [6.45, 7) is 2.13. The molecule has 128 valence electrons. The Kier molecular flexibility index (Phi) is 5.57. The van der Waals surface area contributed by atoms with Crippen LogP contribution >= 0.6 is 22.7 Å². The molecule has 0 radical (unpaired) electrons. The topological polar surface area (TPSA) is 68.3 Å². The van der Waals surface area contributed by atoms with Gasteiger partial charge in [0.05, 0.1) is 6.54 Å². The maximum Gasteiger partial charge on any atom is 0.358 e. The van der Waals surface area contributed by atoms with E-state index >= 15 is 0 Å². The van der Waals surface area contributed by atoms with Crippen LogP contribution in [0.15, 0.2) is 47.2 Å². The first-order valence-electron chi connectivity index (χ1n) is 7.60. The van der Waals surface area contributed by atoms with Gasteiger partial charge in [0, 0.05) is 15.8 Å². The number of thiophene rings is 1. The zero-order valence-electron chi connectivity index (χ0n) is 13.5. The quantitative estimate of drug-likeness (QED) is 0.671. The van der Waals surface area contributed by atoms with Gasteiger partial charge in [-0.05, 0) is 18.4 Å². The lowest BCUT2D eigenvalue weighted by molar-refractivity contribution is -0.124. The number of hydrogen-bond acceptors (Lipinski definition) is 6. The number of carbonyl (C=O) groups is 2. The molecule has 1 amide bonds. The first kappa shape index (κ1) is 17.3. The Morgan fingerprint density at radius 3 is 2.68 bits per heavy atom. The Bertz CT molecular complexity index is 855. The van der Waals surface area contributed by atoms with E-state index in [1.807, 2.05) is 48.7 Å². The minimum atomic E-state index is -0.596. The molecule has 0 saturated heterocycles. The monoisotopic (exact) mass is 372 g/mol. The average Bonchev–Trinajstić information content (AvgIpc) is 3.30. The Morgan fingerprint density at radius 2 is 1.96 bits per heavy atom. The van der Waals surface area contributed by atoms with Gasteiger partial charge in [-0.2, -0.15) is 0 Å². The second-order valence-corrected chi connectivity index (χ2v) is 7.23. The van der Waals surface area contributed by atoms with Crippen LogP contribution in [0.1, 0.15) is 20.9 Å². The maximum atomic E-state index is 12.0. The molecule has 7 heteroatoms. The molecule has 0 bridgehead atoms. The number of ether oxygens (including phenoxy) is 1. The molecule has 0 spiro atoms. The lowest BCUT2D eigenvalue weighted by Crippen LogP contribution is -2.28. The van der Waals surface area contributed by atoms with E-state index in [4.69, 9.17) is 4.74 Å². The summed E-state index contributed by atoms with van der Waals surface area (Å²) >= 11 is 2.93. The van der Waals surface area contributed by atoms with E-state index in [-0.39, 0.29) is 18.2 Å². The number of aryl methyl sites for hydroxylation is 1. The van der Waals surface area contributed by atoms with Gasteiger partial charge in [-0.3, -0.25) is 4.79 Å². The molecular formula is C18H16N2O3S2. The summed E-state index contributed by atoms with van der Waals surface area (Å²) in [5.41, 5.74) is 2.32. The molecule has 2 heterocycles. The van der Waals surface area contributed by atoms with E-state index in [9.17, 15) is 9.59 Å². The molecule has 5 nitrogen and oxygen atoms in total. The number of hydrogen-bond donors (Lipinski definition) is 1. The molecule has 0 unspecified atom stereocenters. The highest BCUT2D eigenvalue weighted by Crippen LogP contribution is 2.24. The van der Waals surface area contributed by atoms with Crippen molar-refractivity contribution < 1.29 is 14.3 Å². The van der Waals surface area contributed by atoms with Gasteiger partial charge in [0.2, 0.25) is 0 Å². The number of amides is 1. The highest BCUT2D eigenvalue weighted by molar-refractivity contribution is 7.13. The van der Waals surface area contributed by atoms with Crippen LogP contribution in [-0.4, -0.2) is 23.5 Å². The second-order valence-electron chi connectivity index (χ2n) is 5.34. The molecule has 0 fully saturated rings. The lowest BCUT2D eigenvalue weighted by atomic mass is 10.2. The molecule has 25 heavy (non-hydrogen) atoms. The molecule has 0 atom stereocenters. The van der Waals surface area contributed by atoms with Crippen molar-refractivity contribution in [3.05, 3.63) is 63.3 Å². The largest absolute Gasteiger partial charge is 0.451 e. The van der Waals surface area contributed by atoms with Crippen LogP contribution in [-0.2, 0) is 16.1 Å². The molecule has 3 rings (SSSR count). The molecule has 1 N–H and O–H groups in total. The number of benzene rings is 1. The standard InChI is InChI=1S/C18H16N2O3S2/c1-12-4-6-13(7-5-12)17-20-15(11-25-17)18(22)23-10-16(21)19-9-14-3-2-8-24-14/h2-8,11H,9-10H2,1H3,(H,19,21). The van der Waals surface area contributed by atoms with Crippen LogP contribution in [0.2, 0.25) is 0 Å². The fourth-order valence-electron chi connectivity index (χ4n) is 2.05. The van der Waals surface area contributed by atoms with Crippen LogP contribution in [0, 0.1) is 6.92 Å². The SMILES string of the molecule is Cc1ccc(-c2nc(C(=O)OCC(=O)NCc3cccs3)cs2)cc1. The zero-order valence-corrected chi connectivity index (χ0v) is 15.2. The van der Waals surface area contributed by atoms with E-state index in [2.05, 4.69) is 10.3 Å². The van der Waals surface area contributed by atoms with Gasteiger partial charge in [-0.1, -0.05) is 35.9 Å². The van der Waals surface area contributed by atoms with Crippen molar-refractivity contribution in [1.82, 2.24) is 10.3 Å². The predicted octanol–water partition coefficient (Wildman–Crippen LogP) is 3.65. The third kappa shape index (κ3) is 4.74. The smallest absolute Gasteiger partial charge is 0.358 e. The summed E-state index contributed by atoms with van der Waals surface area (Å²) in [6.07, 6.45) is 0. The van der Waals surface area contributed by atoms with E-state index in [0.29, 0.717) is 6.54 Å². The number of rotatable bonds is 6. The third-order valence-electron chi connectivity index (χ3n) is 3.39. The van der Waals surface area contributed by atoms with Gasteiger partial charge in [0.15, 0.2) is 12.3 Å². The Labute approximate surface area is 153 Å². The van der Waals surface area contributed by atoms with Crippen molar-refractivity contribution in [1.29, 1.82) is 0 Å². The summed E-state index contributed by atoms with van der Waals surface area (Å²) in [5, 5.41) is 7.03. The average molecular weight is 372 g/mol. The molecule has 1 aromatic carbocycles. The van der Waals surface area contributed by atoms with Gasteiger partial charge in [-0.25, -0.2) is 9.78 Å². The van der Waals surface area contributed by atoms with Gasteiger partial charge in [-0.15, -0.1) is 22.7 Å². The van der Waals surface area contributed by atoms with Crippen LogP contribution in [0.4, 0.5) is 0 Å². The molecule has 3 aromatic rings. The normalized spacial score (nSPS) is 10.4. The molecule has 2 aromatic heterocycles. The van der Waals surface area contributed by atoms with E-state index < -0.39 is 5.97 Å². The minimum Gasteiger partial charge on any atom is -0.451 e. The summed E-state index contributed by atoms with van der Waals surface area (Å²) in [4.78, 5) is 29.1. The number of esters is 1. The van der Waals surface area contributed by atoms with Gasteiger partial charge in [0.25, 0.3) is 5.91 Å². The van der Waals surface area contributed by atoms with Crippen LogP contribution in [0.25, 0.3) is 10.6 Å². The Balaban J connectivity index is 1.51. The molecule has 0 aliphatic carbocycles. The number of nitrogens with zero attached hydrogens (tertiary/aromatic N) is 1. The van der Waals surface area contributed by atoms with Gasteiger partial charge < -0.3 is 10.1 Å². The van der Waals surface area contributed by atoms with E-state index in [1.54, 1.807) is 16.7 Å². The van der Waals surface area contributed by atoms with E-state index in [0.717, 1.165) is 21.0 Å². The first-order valence-corrected chi connectivity index (χ1v) is 9.36. The number of carbonyl (C=O) groups excluding carboxylic acids is 2. The summed E-state index contributed by atoms with van der Waals surface area (Å²) in [7, 11) is 0. The highest BCUT2D eigenvalue weighted by Gasteiger charge is 2.15. The molecule has 0 saturated carbocycles. The van der Waals surface area contributed by atoms with Crippen molar-refractivity contribution in [3.63, 3.8) is 0 Å². The van der Waals surface area contributed by atoms with Crippen LogP contribution in [0.3, 0.4) is 0 Å². The van der Waals surface area contributed by atoms with Crippen LogP contribution < -0.4 is 5.32 Å². The summed E-state index contributed by atoms with van der Waals surface area (Å²) < 4.78 is 5.02. The number of aromatic nitrogens is 1. The third-order valence-corrected chi connectivity index (χ3v) is 5.15. The molecule has 0 aliphatic heterocycles. The molecule has 0 aliphatic rings. The van der Waals surface area contributed by atoms with Crippen molar-refractivity contribution >= 4 is 34.6 Å². The van der Waals surface area contributed by atoms with Crippen molar-refractivity contribution in [2.45, 2.75) is 13.5 Å². The summed E-state index contributed by atoms with van der Waals surface area (Å²) in [5.74, 6) is -0.934. The lowest BCUT2D eigenvalue weighted by Gasteiger charge is -2.04. The number of thiazole rings is 1. The van der Waals surface area contributed by atoms with Gasteiger partial charge in [0.1, 0.15) is 5.01 Å². The first-order chi connectivity index (χ1) is 12.1. The van der Waals surface area contributed by atoms with Crippen molar-refractivity contribution in [2.75, 3.05) is 6.61 Å². The Hall–Kier alpha value is -2.51. The second kappa shape index (κ2) is 8.04. The van der Waals surface area contributed by atoms with Crippen LogP contribution in [0.5, 0.6) is 0 Å². The predicted molar refractivity (Wildman–Crippen MR) is 98.7 cm³/mol. The maximum absolute atomic E-state index is 12.0. The van der Waals surface area contributed by atoms with Crippen molar-refractivity contribution in [3.8, 4) is 10.6 Å². The zero-order chi connectivity index (χ0) is 17.6. The highest BCUT2D eigenvalue weighted by atomic mass is 32.1. The Morgan fingerprint density at radius 1 is 1.16 bits per heavy atom. The summed E-state index contributed by atoms with van der Waals surface area (Å²) in [6, 6.07) is 11.8. The van der Waals surface area contributed by atoms with E-state index in [1.165, 1.54) is 11.3 Å². The minimum absolute atomic E-state index is 0.214.